The predicted molar refractivity (Wildman–Crippen MR) is 139 cm³/mol. The van der Waals surface area contributed by atoms with Gasteiger partial charge in [-0.1, -0.05) is 29.8 Å². The largest absolute Gasteiger partial charge is 0.492 e. The molecule has 2 N–H and O–H groups in total. The standard InChI is InChI=1S/C24H29BrN2O6S2/c1-4-33-20-10-5-17(25)14-21(20)35(31,32)27-19-8-6-18(7-9-19)26-34(29,30)15-24-12-11-16(13-22(24)28)23(24,2)3/h5-10,14,16,26-27H,4,11-13,15H2,1-3H3/t16-,24+/m0/s1. The van der Waals surface area contributed by atoms with Crippen LogP contribution in [-0.2, 0) is 24.8 Å². The summed E-state index contributed by atoms with van der Waals surface area (Å²) in [5.41, 5.74) is -0.658. The fraction of sp³-hybridized carbons (Fsp3) is 0.458. The van der Waals surface area contributed by atoms with Crippen molar-refractivity contribution in [1.29, 1.82) is 0 Å². The van der Waals surface area contributed by atoms with Crippen LogP contribution in [0.4, 0.5) is 11.4 Å². The van der Waals surface area contributed by atoms with E-state index in [-0.39, 0.29) is 39.2 Å². The van der Waals surface area contributed by atoms with E-state index < -0.39 is 25.5 Å². The Balaban J connectivity index is 1.49. The molecule has 2 aliphatic carbocycles. The Bertz CT molecular complexity index is 1360. The summed E-state index contributed by atoms with van der Waals surface area (Å²) in [6.07, 6.45) is 1.90. The average molecular weight is 586 g/mol. The minimum absolute atomic E-state index is 0.0172. The molecule has 0 saturated heterocycles. The molecule has 0 amide bonds. The third kappa shape index (κ3) is 4.82. The van der Waals surface area contributed by atoms with E-state index in [1.165, 1.54) is 30.3 Å². The monoisotopic (exact) mass is 584 g/mol. The zero-order valence-electron chi connectivity index (χ0n) is 19.8. The number of fused-ring (bicyclic) bond motifs is 2. The van der Waals surface area contributed by atoms with Crippen molar-refractivity contribution in [3.63, 3.8) is 0 Å². The maximum atomic E-state index is 13.0. The highest BCUT2D eigenvalue weighted by Gasteiger charge is 2.65. The van der Waals surface area contributed by atoms with Crippen LogP contribution in [0.3, 0.4) is 0 Å². The van der Waals surface area contributed by atoms with Gasteiger partial charge in [0.15, 0.2) is 0 Å². The maximum Gasteiger partial charge on any atom is 0.265 e. The number of ketones is 1. The number of hydrogen-bond acceptors (Lipinski definition) is 6. The molecule has 190 valence electrons. The molecule has 4 rings (SSSR count). The minimum atomic E-state index is -3.96. The highest BCUT2D eigenvalue weighted by Crippen LogP contribution is 2.64. The van der Waals surface area contributed by atoms with Crippen molar-refractivity contribution in [2.75, 3.05) is 21.8 Å². The molecular formula is C24H29BrN2O6S2. The van der Waals surface area contributed by atoms with Crippen LogP contribution in [0, 0.1) is 16.7 Å². The molecule has 2 aromatic rings. The van der Waals surface area contributed by atoms with Crippen molar-refractivity contribution in [2.24, 2.45) is 16.7 Å². The smallest absolute Gasteiger partial charge is 0.265 e. The van der Waals surface area contributed by atoms with Crippen molar-refractivity contribution in [3.05, 3.63) is 46.9 Å². The number of rotatable bonds is 9. The third-order valence-corrected chi connectivity index (χ3v) is 10.8. The first-order valence-corrected chi connectivity index (χ1v) is 15.3. The quantitative estimate of drug-likeness (QED) is 0.437. The number of ether oxygens (including phenoxy) is 1. The van der Waals surface area contributed by atoms with Crippen LogP contribution in [0.5, 0.6) is 5.75 Å². The molecule has 2 bridgehead atoms. The van der Waals surface area contributed by atoms with E-state index in [2.05, 4.69) is 25.4 Å². The van der Waals surface area contributed by atoms with Crippen molar-refractivity contribution in [3.8, 4) is 5.75 Å². The molecule has 0 unspecified atom stereocenters. The van der Waals surface area contributed by atoms with Gasteiger partial charge in [-0.2, -0.15) is 0 Å². The molecule has 11 heteroatoms. The fourth-order valence-electron chi connectivity index (χ4n) is 5.43. The van der Waals surface area contributed by atoms with Gasteiger partial charge in [0.2, 0.25) is 10.0 Å². The molecule has 2 saturated carbocycles. The Labute approximate surface area is 215 Å². The molecule has 2 aliphatic rings. The van der Waals surface area contributed by atoms with Gasteiger partial charge >= 0.3 is 0 Å². The highest BCUT2D eigenvalue weighted by molar-refractivity contribution is 9.10. The number of carbonyl (C=O) groups is 1. The molecule has 0 aromatic heterocycles. The van der Waals surface area contributed by atoms with Gasteiger partial charge in [0, 0.05) is 22.3 Å². The van der Waals surface area contributed by atoms with E-state index in [1.54, 1.807) is 19.1 Å². The first-order valence-electron chi connectivity index (χ1n) is 11.4. The molecule has 0 aliphatic heterocycles. The SMILES string of the molecule is CCOc1ccc(Br)cc1S(=O)(=O)Nc1ccc(NS(=O)(=O)C[C@]23CC[C@@H](CC2=O)C3(C)C)cc1. The first kappa shape index (κ1) is 26.0. The lowest BCUT2D eigenvalue weighted by Gasteiger charge is -2.36. The Hall–Kier alpha value is -2.11. The van der Waals surface area contributed by atoms with Crippen molar-refractivity contribution < 1.29 is 26.4 Å². The fourth-order valence-corrected chi connectivity index (χ4v) is 9.07. The summed E-state index contributed by atoms with van der Waals surface area (Å²) in [7, 11) is -7.76. The summed E-state index contributed by atoms with van der Waals surface area (Å²) in [6, 6.07) is 10.6. The second kappa shape index (κ2) is 9.08. The average Bonchev–Trinajstić information content (AvgIpc) is 3.10. The van der Waals surface area contributed by atoms with Crippen molar-refractivity contribution in [2.45, 2.75) is 44.9 Å². The van der Waals surface area contributed by atoms with Gasteiger partial charge in [-0.15, -0.1) is 0 Å². The Morgan fingerprint density at radius 3 is 2.20 bits per heavy atom. The normalized spacial score (nSPS) is 23.3. The summed E-state index contributed by atoms with van der Waals surface area (Å²) >= 11 is 3.28. The van der Waals surface area contributed by atoms with Gasteiger partial charge in [0.05, 0.1) is 17.8 Å². The van der Waals surface area contributed by atoms with Gasteiger partial charge in [0.25, 0.3) is 10.0 Å². The lowest BCUT2D eigenvalue weighted by Crippen LogP contribution is -2.43. The van der Waals surface area contributed by atoms with E-state index in [0.29, 0.717) is 29.6 Å². The van der Waals surface area contributed by atoms with Gasteiger partial charge < -0.3 is 4.74 Å². The van der Waals surface area contributed by atoms with E-state index >= 15 is 0 Å². The zero-order valence-corrected chi connectivity index (χ0v) is 23.0. The van der Waals surface area contributed by atoms with E-state index in [0.717, 1.165) is 6.42 Å². The summed E-state index contributed by atoms with van der Waals surface area (Å²) in [5, 5.41) is 0. The Kier molecular flexibility index (Phi) is 6.74. The Morgan fingerprint density at radius 2 is 1.66 bits per heavy atom. The number of nitrogens with one attached hydrogen (secondary N) is 2. The Morgan fingerprint density at radius 1 is 1.03 bits per heavy atom. The molecular weight excluding hydrogens is 556 g/mol. The molecule has 2 atom stereocenters. The molecule has 8 nitrogen and oxygen atoms in total. The molecule has 0 spiro atoms. The summed E-state index contributed by atoms with van der Waals surface area (Å²) in [5.74, 6) is 0.240. The van der Waals surface area contributed by atoms with Gasteiger partial charge in [-0.3, -0.25) is 14.2 Å². The number of halogens is 1. The zero-order chi connectivity index (χ0) is 25.6. The van der Waals surface area contributed by atoms with Crippen LogP contribution >= 0.6 is 15.9 Å². The predicted octanol–water partition coefficient (Wildman–Crippen LogP) is 4.79. The lowest BCUT2D eigenvalue weighted by molar-refractivity contribution is -0.128. The van der Waals surface area contributed by atoms with E-state index in [1.807, 2.05) is 13.8 Å². The van der Waals surface area contributed by atoms with Crippen LogP contribution in [0.15, 0.2) is 51.8 Å². The third-order valence-electron chi connectivity index (χ3n) is 7.48. The van der Waals surface area contributed by atoms with Crippen LogP contribution in [0.25, 0.3) is 0 Å². The van der Waals surface area contributed by atoms with Crippen LogP contribution in [0.1, 0.15) is 40.0 Å². The number of anilines is 2. The summed E-state index contributed by atoms with van der Waals surface area (Å²) < 4.78 is 63.0. The molecule has 35 heavy (non-hydrogen) atoms. The molecule has 2 aromatic carbocycles. The lowest BCUT2D eigenvalue weighted by atomic mass is 9.70. The van der Waals surface area contributed by atoms with Gasteiger partial charge in [-0.25, -0.2) is 16.8 Å². The topological polar surface area (TPSA) is 119 Å². The maximum absolute atomic E-state index is 13.0. The summed E-state index contributed by atoms with van der Waals surface area (Å²) in [4.78, 5) is 12.7. The van der Waals surface area contributed by atoms with Crippen LogP contribution < -0.4 is 14.2 Å². The molecule has 0 radical (unpaired) electrons. The van der Waals surface area contributed by atoms with E-state index in [9.17, 15) is 21.6 Å². The number of carbonyl (C=O) groups excluding carboxylic acids is 1. The second-order valence-electron chi connectivity index (χ2n) is 9.73. The first-order chi connectivity index (χ1) is 16.3. The number of sulfonamides is 2. The summed E-state index contributed by atoms with van der Waals surface area (Å²) in [6.45, 7) is 6.06. The van der Waals surface area contributed by atoms with Gasteiger partial charge in [0.1, 0.15) is 16.4 Å². The highest BCUT2D eigenvalue weighted by atomic mass is 79.9. The molecule has 0 heterocycles. The van der Waals surface area contributed by atoms with Crippen molar-refractivity contribution in [1.82, 2.24) is 0 Å². The van der Waals surface area contributed by atoms with Crippen molar-refractivity contribution >= 4 is 53.1 Å². The second-order valence-corrected chi connectivity index (χ2v) is 14.0. The van der Waals surface area contributed by atoms with Crippen LogP contribution in [-0.4, -0.2) is 35.0 Å². The number of hydrogen-bond donors (Lipinski definition) is 2. The van der Waals surface area contributed by atoms with Gasteiger partial charge in [-0.05, 0) is 73.6 Å². The molecule has 2 fully saturated rings. The minimum Gasteiger partial charge on any atom is -0.492 e. The van der Waals surface area contributed by atoms with Crippen LogP contribution in [0.2, 0.25) is 0 Å². The van der Waals surface area contributed by atoms with E-state index in [4.69, 9.17) is 4.74 Å². The number of benzene rings is 2. The number of Topliss-reactive ketones (excluding diaryl/α,β-unsaturated/α-hetero) is 1.